The number of benzene rings is 1. The van der Waals surface area contributed by atoms with Crippen molar-refractivity contribution in [1.82, 2.24) is 0 Å². The first-order valence-electron chi connectivity index (χ1n) is 12.8. The first-order chi connectivity index (χ1) is 16.2. The maximum Gasteiger partial charge on any atom is 0.336 e. The van der Waals surface area contributed by atoms with Crippen molar-refractivity contribution < 1.29 is 18.7 Å². The minimum Gasteiger partial charge on any atom is -0.382 e. The van der Waals surface area contributed by atoms with Gasteiger partial charge >= 0.3 is 5.92 Å². The Balaban J connectivity index is 1.50. The van der Waals surface area contributed by atoms with Crippen LogP contribution in [0, 0.1) is 29.6 Å². The zero-order valence-electron chi connectivity index (χ0n) is 19.7. The van der Waals surface area contributed by atoms with Gasteiger partial charge in [0, 0.05) is 17.8 Å². The average Bonchev–Trinajstić information content (AvgIpc) is 3.64. The predicted molar refractivity (Wildman–Crippen MR) is 127 cm³/mol. The van der Waals surface area contributed by atoms with E-state index in [1.54, 1.807) is 5.92 Å². The van der Waals surface area contributed by atoms with Crippen molar-refractivity contribution in [2.75, 3.05) is 0 Å². The molecule has 0 saturated heterocycles. The number of carbonyl (C=O) groups is 1. The predicted octanol–water partition coefficient (Wildman–Crippen LogP) is 6.46. The average molecular weight is 463 g/mol. The topological polar surface area (TPSA) is 37.3 Å². The quantitative estimate of drug-likeness (QED) is 0.523. The van der Waals surface area contributed by atoms with Gasteiger partial charge in [0.25, 0.3) is 0 Å². The maximum absolute atomic E-state index is 15.1. The number of ketones is 1. The molecule has 5 atom stereocenters. The van der Waals surface area contributed by atoms with Crippen molar-refractivity contribution in [1.29, 1.82) is 0 Å². The second kappa shape index (κ2) is 7.37. The number of alkyl halides is 2. The van der Waals surface area contributed by atoms with Crippen LogP contribution in [0.5, 0.6) is 0 Å². The SMILES string of the molecule is C#CC(F)(F)[C@]1(O)CC[C@H]2[C@@H]3CCC4=CC(=O)CCC4=C3C(c3ccc(C4CC4)cc3)C[C@@]21C. The standard InChI is InChI=1S/C30H32F2O2/c1-3-30(31,32)29(34)15-14-26-24-12-10-21-16-22(33)11-13-23(21)27(24)25(17-28(26,29)2)20-8-6-19(7-9-20)18-4-5-18/h1,6-9,16,18,24-26,34H,4-5,10-15,17H2,2H3/t24-,25?,26-,28-,29-/m0/s1. The van der Waals surface area contributed by atoms with Crippen LogP contribution < -0.4 is 0 Å². The molecule has 0 amide bonds. The lowest BCUT2D eigenvalue weighted by atomic mass is 9.50. The Hall–Kier alpha value is -2.25. The van der Waals surface area contributed by atoms with E-state index in [0.717, 1.165) is 30.4 Å². The van der Waals surface area contributed by atoms with E-state index < -0.39 is 16.9 Å². The van der Waals surface area contributed by atoms with E-state index >= 15 is 8.78 Å². The van der Waals surface area contributed by atoms with Gasteiger partial charge in [0.2, 0.25) is 0 Å². The number of aliphatic hydroxyl groups is 1. The number of halogens is 2. The molecule has 1 aromatic rings. The van der Waals surface area contributed by atoms with E-state index in [4.69, 9.17) is 6.42 Å². The lowest BCUT2D eigenvalue weighted by molar-refractivity contribution is -0.209. The van der Waals surface area contributed by atoms with Gasteiger partial charge in [-0.1, -0.05) is 36.8 Å². The fourth-order valence-corrected chi connectivity index (χ4v) is 8.02. The van der Waals surface area contributed by atoms with E-state index in [-0.39, 0.29) is 30.0 Å². The van der Waals surface area contributed by atoms with Crippen LogP contribution in [0.1, 0.15) is 87.7 Å². The molecule has 0 bridgehead atoms. The van der Waals surface area contributed by atoms with Crippen LogP contribution in [0.2, 0.25) is 0 Å². The lowest BCUT2D eigenvalue weighted by Gasteiger charge is -2.55. The Morgan fingerprint density at radius 3 is 2.44 bits per heavy atom. The third kappa shape index (κ3) is 2.99. The lowest BCUT2D eigenvalue weighted by Crippen LogP contribution is -2.60. The second-order valence-corrected chi connectivity index (χ2v) is 11.6. The Morgan fingerprint density at radius 2 is 1.76 bits per heavy atom. The van der Waals surface area contributed by atoms with Crippen molar-refractivity contribution in [2.45, 2.75) is 88.1 Å². The van der Waals surface area contributed by atoms with Gasteiger partial charge in [-0.3, -0.25) is 4.79 Å². The molecule has 2 nitrogen and oxygen atoms in total. The van der Waals surface area contributed by atoms with E-state index in [0.29, 0.717) is 25.2 Å². The molecule has 5 aliphatic rings. The summed E-state index contributed by atoms with van der Waals surface area (Å²) in [4.78, 5) is 12.2. The molecule has 3 fully saturated rings. The molecule has 6 rings (SSSR count). The fourth-order valence-electron chi connectivity index (χ4n) is 8.02. The zero-order valence-corrected chi connectivity index (χ0v) is 19.7. The summed E-state index contributed by atoms with van der Waals surface area (Å²) >= 11 is 0. The molecule has 1 unspecified atom stereocenters. The summed E-state index contributed by atoms with van der Waals surface area (Å²) in [5.41, 5.74) is 3.07. The van der Waals surface area contributed by atoms with E-state index in [1.165, 1.54) is 29.6 Å². The van der Waals surface area contributed by atoms with Crippen LogP contribution in [0.4, 0.5) is 8.78 Å². The van der Waals surface area contributed by atoms with Crippen LogP contribution in [0.3, 0.4) is 0 Å². The van der Waals surface area contributed by atoms with Crippen molar-refractivity contribution >= 4 is 5.78 Å². The molecule has 4 heteroatoms. The number of hydrogen-bond acceptors (Lipinski definition) is 2. The highest BCUT2D eigenvalue weighted by atomic mass is 19.3. The Bertz CT molecular complexity index is 1150. The molecule has 0 spiro atoms. The number of fused-ring (bicyclic) bond motifs is 4. The van der Waals surface area contributed by atoms with Crippen molar-refractivity contribution in [3.63, 3.8) is 0 Å². The fraction of sp³-hybridized carbons (Fsp3) is 0.567. The summed E-state index contributed by atoms with van der Waals surface area (Å²) in [6.45, 7) is 1.86. The molecular formula is C30H32F2O2. The molecule has 0 aliphatic heterocycles. The summed E-state index contributed by atoms with van der Waals surface area (Å²) in [7, 11) is 0. The molecule has 178 valence electrons. The minimum absolute atomic E-state index is 0.0268. The van der Waals surface area contributed by atoms with Crippen molar-refractivity contribution in [2.24, 2.45) is 17.3 Å². The van der Waals surface area contributed by atoms with Gasteiger partial charge in [-0.05, 0) is 103 Å². The van der Waals surface area contributed by atoms with Crippen molar-refractivity contribution in [3.05, 3.63) is 58.2 Å². The third-order valence-corrected chi connectivity index (χ3v) is 9.97. The maximum atomic E-state index is 15.1. The van der Waals surface area contributed by atoms with Gasteiger partial charge in [0.15, 0.2) is 5.78 Å². The van der Waals surface area contributed by atoms with Crippen LogP contribution in [-0.2, 0) is 4.79 Å². The van der Waals surface area contributed by atoms with Gasteiger partial charge in [-0.2, -0.15) is 8.78 Å². The summed E-state index contributed by atoms with van der Waals surface area (Å²) < 4.78 is 30.3. The number of rotatable bonds is 3. The van der Waals surface area contributed by atoms with Gasteiger partial charge in [0.05, 0.1) is 0 Å². The zero-order chi connectivity index (χ0) is 23.9. The Kier molecular flexibility index (Phi) is 4.82. The monoisotopic (exact) mass is 462 g/mol. The smallest absolute Gasteiger partial charge is 0.336 e. The normalized spacial score (nSPS) is 37.4. The molecule has 0 heterocycles. The molecule has 5 aliphatic carbocycles. The first-order valence-corrected chi connectivity index (χ1v) is 12.8. The highest BCUT2D eigenvalue weighted by Crippen LogP contribution is 2.69. The highest BCUT2D eigenvalue weighted by Gasteiger charge is 2.71. The number of allylic oxidation sites excluding steroid dienone is 4. The summed E-state index contributed by atoms with van der Waals surface area (Å²) in [5.74, 6) is -1.05. The molecule has 3 saturated carbocycles. The second-order valence-electron chi connectivity index (χ2n) is 11.6. The van der Waals surface area contributed by atoms with E-state index in [1.807, 2.05) is 13.0 Å². The van der Waals surface area contributed by atoms with E-state index in [9.17, 15) is 9.90 Å². The van der Waals surface area contributed by atoms with Crippen molar-refractivity contribution in [3.8, 4) is 12.3 Å². The largest absolute Gasteiger partial charge is 0.382 e. The number of carbonyl (C=O) groups excluding carboxylic acids is 1. The summed E-state index contributed by atoms with van der Waals surface area (Å²) in [5, 5.41) is 11.6. The molecule has 1 N–H and O–H groups in total. The summed E-state index contributed by atoms with van der Waals surface area (Å²) in [6, 6.07) is 8.74. The van der Waals surface area contributed by atoms with E-state index in [2.05, 4.69) is 24.3 Å². The molecule has 34 heavy (non-hydrogen) atoms. The minimum atomic E-state index is -3.57. The van der Waals surface area contributed by atoms with Crippen LogP contribution in [0.25, 0.3) is 0 Å². The molecule has 1 aromatic carbocycles. The number of hydrogen-bond donors (Lipinski definition) is 1. The molecule has 0 radical (unpaired) electrons. The molecule has 0 aromatic heterocycles. The Labute approximate surface area is 200 Å². The van der Waals surface area contributed by atoms with Gasteiger partial charge in [0.1, 0.15) is 5.60 Å². The molecular weight excluding hydrogens is 430 g/mol. The van der Waals surface area contributed by atoms with Crippen LogP contribution >= 0.6 is 0 Å². The van der Waals surface area contributed by atoms with Crippen LogP contribution in [0.15, 0.2) is 47.1 Å². The Morgan fingerprint density at radius 1 is 1.06 bits per heavy atom. The van der Waals surface area contributed by atoms with Gasteiger partial charge in [-0.15, -0.1) is 6.42 Å². The summed E-state index contributed by atoms with van der Waals surface area (Å²) in [6.07, 6.45) is 13.5. The van der Waals surface area contributed by atoms with Gasteiger partial charge < -0.3 is 5.11 Å². The highest BCUT2D eigenvalue weighted by molar-refractivity contribution is 5.93. The number of terminal acetylenes is 1. The van der Waals surface area contributed by atoms with Crippen LogP contribution in [-0.4, -0.2) is 22.4 Å². The third-order valence-electron chi connectivity index (χ3n) is 9.97. The first kappa shape index (κ1) is 22.2. The van der Waals surface area contributed by atoms with Gasteiger partial charge in [-0.25, -0.2) is 0 Å².